The fraction of sp³-hybridized carbons (Fsp3) is 0.364. The van der Waals surface area contributed by atoms with Gasteiger partial charge in [-0.05, 0) is 12.5 Å². The molecule has 1 aliphatic rings. The number of carbonyl (C=O) groups excluding carboxylic acids is 1. The number of amides is 1. The van der Waals surface area contributed by atoms with Crippen LogP contribution in [0.3, 0.4) is 0 Å². The van der Waals surface area contributed by atoms with Gasteiger partial charge in [0.25, 0.3) is 0 Å². The average molecular weight is 270 g/mol. The van der Waals surface area contributed by atoms with E-state index in [9.17, 15) is 4.79 Å². The highest BCUT2D eigenvalue weighted by Crippen LogP contribution is 2.37. The number of primary amides is 1. The first kappa shape index (κ1) is 10.5. The molecule has 0 spiro atoms. The zero-order chi connectivity index (χ0) is 11.0. The molecular formula is C11H12BrNO2. The maximum atomic E-state index is 10.9. The Bertz CT molecular complexity index is 429. The Kier molecular flexibility index (Phi) is 2.69. The average Bonchev–Trinajstić information content (AvgIpc) is 2.61. The highest BCUT2D eigenvalue weighted by molar-refractivity contribution is 9.10. The third-order valence-electron chi connectivity index (χ3n) is 2.53. The van der Waals surface area contributed by atoms with E-state index in [0.717, 1.165) is 33.3 Å². The first-order chi connectivity index (χ1) is 7.09. The second kappa shape index (κ2) is 3.85. The topological polar surface area (TPSA) is 52.3 Å². The maximum Gasteiger partial charge on any atom is 0.221 e. The smallest absolute Gasteiger partial charge is 0.221 e. The van der Waals surface area contributed by atoms with E-state index in [2.05, 4.69) is 15.9 Å². The first-order valence-electron chi connectivity index (χ1n) is 4.81. The predicted molar refractivity (Wildman–Crippen MR) is 61.0 cm³/mol. The van der Waals surface area contributed by atoms with Crippen molar-refractivity contribution in [1.82, 2.24) is 0 Å². The van der Waals surface area contributed by atoms with Gasteiger partial charge in [0.15, 0.2) is 0 Å². The van der Waals surface area contributed by atoms with Gasteiger partial charge >= 0.3 is 0 Å². The number of benzene rings is 1. The molecule has 80 valence electrons. The van der Waals surface area contributed by atoms with Crippen molar-refractivity contribution in [2.45, 2.75) is 19.8 Å². The number of hydrogen-bond acceptors (Lipinski definition) is 2. The van der Waals surface area contributed by atoms with Gasteiger partial charge in [0.1, 0.15) is 5.75 Å². The molecule has 0 aromatic heterocycles. The normalized spacial score (nSPS) is 13.5. The van der Waals surface area contributed by atoms with E-state index in [1.807, 2.05) is 13.0 Å². The number of carbonyl (C=O) groups is 1. The third kappa shape index (κ3) is 1.86. The summed E-state index contributed by atoms with van der Waals surface area (Å²) in [4.78, 5) is 10.9. The lowest BCUT2D eigenvalue weighted by Crippen LogP contribution is -2.14. The minimum absolute atomic E-state index is 0.246. The number of halogens is 1. The fourth-order valence-corrected chi connectivity index (χ4v) is 2.39. The highest BCUT2D eigenvalue weighted by Gasteiger charge is 2.21. The summed E-state index contributed by atoms with van der Waals surface area (Å²) in [5.74, 6) is 0.515. The van der Waals surface area contributed by atoms with E-state index in [4.69, 9.17) is 10.5 Å². The van der Waals surface area contributed by atoms with Gasteiger partial charge in [0, 0.05) is 22.0 Å². The van der Waals surface area contributed by atoms with Crippen molar-refractivity contribution in [2.24, 2.45) is 5.73 Å². The van der Waals surface area contributed by atoms with Gasteiger partial charge in [-0.3, -0.25) is 4.79 Å². The molecule has 0 atom stereocenters. The van der Waals surface area contributed by atoms with Crippen LogP contribution in [-0.2, 0) is 17.6 Å². The molecule has 0 bridgehead atoms. The predicted octanol–water partition coefficient (Wildman–Crippen LogP) is 1.72. The molecule has 1 amide bonds. The lowest BCUT2D eigenvalue weighted by Gasteiger charge is -2.10. The summed E-state index contributed by atoms with van der Waals surface area (Å²) >= 11 is 3.54. The Balaban J connectivity index is 2.52. The molecule has 4 heteroatoms. The summed E-state index contributed by atoms with van der Waals surface area (Å²) in [7, 11) is 0. The van der Waals surface area contributed by atoms with Crippen LogP contribution in [0, 0.1) is 6.92 Å². The van der Waals surface area contributed by atoms with Gasteiger partial charge in [-0.1, -0.05) is 22.0 Å². The Labute approximate surface area is 96.7 Å². The Hall–Kier alpha value is -1.03. The fourth-order valence-electron chi connectivity index (χ4n) is 1.90. The summed E-state index contributed by atoms with van der Waals surface area (Å²) in [6, 6.07) is 1.96. The molecule has 2 N–H and O–H groups in total. The summed E-state index contributed by atoms with van der Waals surface area (Å²) < 4.78 is 6.61. The Morgan fingerprint density at radius 2 is 2.40 bits per heavy atom. The molecule has 0 saturated heterocycles. The molecule has 1 aromatic carbocycles. The second-order valence-electron chi connectivity index (χ2n) is 3.72. The Morgan fingerprint density at radius 1 is 1.67 bits per heavy atom. The molecule has 1 aromatic rings. The molecule has 0 unspecified atom stereocenters. The van der Waals surface area contributed by atoms with Crippen LogP contribution in [-0.4, -0.2) is 12.5 Å². The van der Waals surface area contributed by atoms with Crippen LogP contribution in [0.4, 0.5) is 0 Å². The third-order valence-corrected chi connectivity index (χ3v) is 3.63. The van der Waals surface area contributed by atoms with Crippen molar-refractivity contribution in [2.75, 3.05) is 6.61 Å². The van der Waals surface area contributed by atoms with Gasteiger partial charge in [-0.2, -0.15) is 0 Å². The van der Waals surface area contributed by atoms with E-state index in [-0.39, 0.29) is 12.3 Å². The van der Waals surface area contributed by atoms with Gasteiger partial charge in [0.2, 0.25) is 5.91 Å². The number of hydrogen-bond donors (Lipinski definition) is 1. The van der Waals surface area contributed by atoms with Crippen LogP contribution in [0.1, 0.15) is 16.7 Å². The quantitative estimate of drug-likeness (QED) is 0.889. The van der Waals surface area contributed by atoms with Crippen LogP contribution in [0.15, 0.2) is 10.5 Å². The largest absolute Gasteiger partial charge is 0.493 e. The van der Waals surface area contributed by atoms with E-state index >= 15 is 0 Å². The monoisotopic (exact) mass is 269 g/mol. The summed E-state index contributed by atoms with van der Waals surface area (Å²) in [6.07, 6.45) is 1.14. The number of rotatable bonds is 2. The molecule has 3 nitrogen and oxygen atoms in total. The van der Waals surface area contributed by atoms with E-state index in [0.29, 0.717) is 6.61 Å². The standard InChI is InChI=1S/C11H12BrNO2/c1-6-4-7(5-9(13)14)11-8(10(6)12)2-3-15-11/h4H,2-3,5H2,1H3,(H2,13,14). The van der Waals surface area contributed by atoms with Crippen LogP contribution < -0.4 is 10.5 Å². The summed E-state index contributed by atoms with van der Waals surface area (Å²) in [6.45, 7) is 2.69. The maximum absolute atomic E-state index is 10.9. The Morgan fingerprint density at radius 3 is 3.07 bits per heavy atom. The lowest BCUT2D eigenvalue weighted by atomic mass is 10.0. The van der Waals surface area contributed by atoms with Gasteiger partial charge in [-0.25, -0.2) is 0 Å². The second-order valence-corrected chi connectivity index (χ2v) is 4.51. The number of ether oxygens (including phenoxy) is 1. The van der Waals surface area contributed by atoms with E-state index < -0.39 is 0 Å². The van der Waals surface area contributed by atoms with Crippen LogP contribution in [0.25, 0.3) is 0 Å². The van der Waals surface area contributed by atoms with Gasteiger partial charge in [-0.15, -0.1) is 0 Å². The van der Waals surface area contributed by atoms with Crippen LogP contribution in [0.5, 0.6) is 5.75 Å². The molecule has 0 fully saturated rings. The van der Waals surface area contributed by atoms with Crippen molar-refractivity contribution in [3.63, 3.8) is 0 Å². The molecule has 2 rings (SSSR count). The number of aryl methyl sites for hydroxylation is 1. The van der Waals surface area contributed by atoms with Crippen molar-refractivity contribution in [1.29, 1.82) is 0 Å². The lowest BCUT2D eigenvalue weighted by molar-refractivity contribution is -0.117. The zero-order valence-corrected chi connectivity index (χ0v) is 10.1. The molecule has 1 heterocycles. The molecule has 15 heavy (non-hydrogen) atoms. The molecule has 0 saturated carbocycles. The van der Waals surface area contributed by atoms with Crippen LogP contribution >= 0.6 is 15.9 Å². The minimum Gasteiger partial charge on any atom is -0.493 e. The van der Waals surface area contributed by atoms with Gasteiger partial charge < -0.3 is 10.5 Å². The first-order valence-corrected chi connectivity index (χ1v) is 5.61. The molecular weight excluding hydrogens is 258 g/mol. The number of nitrogens with two attached hydrogens (primary N) is 1. The molecule has 1 aliphatic heterocycles. The SMILES string of the molecule is Cc1cc(CC(N)=O)c2c(c1Br)CCO2. The molecule has 0 aliphatic carbocycles. The summed E-state index contributed by atoms with van der Waals surface area (Å²) in [5.41, 5.74) is 8.38. The summed E-state index contributed by atoms with van der Waals surface area (Å²) in [5, 5.41) is 0. The van der Waals surface area contributed by atoms with Crippen molar-refractivity contribution >= 4 is 21.8 Å². The van der Waals surface area contributed by atoms with Gasteiger partial charge in [0.05, 0.1) is 13.0 Å². The number of fused-ring (bicyclic) bond motifs is 1. The zero-order valence-electron chi connectivity index (χ0n) is 8.47. The minimum atomic E-state index is -0.325. The molecule has 0 radical (unpaired) electrons. The van der Waals surface area contributed by atoms with Crippen molar-refractivity contribution < 1.29 is 9.53 Å². The van der Waals surface area contributed by atoms with Crippen molar-refractivity contribution in [3.8, 4) is 5.75 Å². The highest BCUT2D eigenvalue weighted by atomic mass is 79.9. The van der Waals surface area contributed by atoms with E-state index in [1.165, 1.54) is 0 Å². The van der Waals surface area contributed by atoms with Crippen molar-refractivity contribution in [3.05, 3.63) is 27.2 Å². The van der Waals surface area contributed by atoms with E-state index in [1.54, 1.807) is 0 Å². The van der Waals surface area contributed by atoms with Crippen LogP contribution in [0.2, 0.25) is 0 Å².